The Bertz CT molecular complexity index is 402. The highest BCUT2D eigenvalue weighted by molar-refractivity contribution is 6.33. The molecule has 0 bridgehead atoms. The van der Waals surface area contributed by atoms with E-state index in [9.17, 15) is 4.79 Å². The Labute approximate surface area is 98.2 Å². The molecule has 0 amide bonds. The van der Waals surface area contributed by atoms with Crippen LogP contribution in [-0.4, -0.2) is 30.3 Å². The lowest BCUT2D eigenvalue weighted by atomic mass is 10.2. The number of hydrogen-bond donors (Lipinski definition) is 2. The van der Waals surface area contributed by atoms with E-state index in [0.717, 1.165) is 18.7 Å². The van der Waals surface area contributed by atoms with E-state index in [2.05, 4.69) is 5.32 Å². The van der Waals surface area contributed by atoms with Gasteiger partial charge >= 0.3 is 5.97 Å². The number of anilines is 1. The van der Waals surface area contributed by atoms with Crippen LogP contribution in [0.15, 0.2) is 18.2 Å². The minimum atomic E-state index is -1.01. The summed E-state index contributed by atoms with van der Waals surface area (Å²) in [7, 11) is 0. The molecule has 1 saturated heterocycles. The molecule has 2 rings (SSSR count). The van der Waals surface area contributed by atoms with E-state index in [1.165, 1.54) is 6.07 Å². The SMILES string of the molecule is O=C(O)c1ccc(NC2CCOC2)cc1Cl. The molecule has 1 unspecified atom stereocenters. The third-order valence-corrected chi connectivity index (χ3v) is 2.81. The van der Waals surface area contributed by atoms with Crippen LogP contribution < -0.4 is 5.32 Å². The third-order valence-electron chi connectivity index (χ3n) is 2.50. The lowest BCUT2D eigenvalue weighted by molar-refractivity contribution is 0.0697. The average Bonchev–Trinajstić information content (AvgIpc) is 2.70. The smallest absolute Gasteiger partial charge is 0.337 e. The summed E-state index contributed by atoms with van der Waals surface area (Å²) in [6, 6.07) is 5.13. The van der Waals surface area contributed by atoms with Crippen LogP contribution in [0.1, 0.15) is 16.8 Å². The minimum absolute atomic E-state index is 0.120. The van der Waals surface area contributed by atoms with Crippen LogP contribution in [0.3, 0.4) is 0 Å². The van der Waals surface area contributed by atoms with Crippen molar-refractivity contribution in [3.8, 4) is 0 Å². The van der Waals surface area contributed by atoms with Gasteiger partial charge in [-0.25, -0.2) is 4.79 Å². The van der Waals surface area contributed by atoms with Crippen LogP contribution in [0.2, 0.25) is 5.02 Å². The van der Waals surface area contributed by atoms with Crippen molar-refractivity contribution in [2.24, 2.45) is 0 Å². The Hall–Kier alpha value is -1.26. The van der Waals surface area contributed by atoms with Crippen molar-refractivity contribution in [2.75, 3.05) is 18.5 Å². The maximum Gasteiger partial charge on any atom is 0.337 e. The number of halogens is 1. The molecule has 0 saturated carbocycles. The fourth-order valence-corrected chi connectivity index (χ4v) is 1.92. The third kappa shape index (κ3) is 2.46. The molecule has 16 heavy (non-hydrogen) atoms. The van der Waals surface area contributed by atoms with Crippen LogP contribution in [0.5, 0.6) is 0 Å². The summed E-state index contributed by atoms with van der Waals surface area (Å²) < 4.78 is 5.23. The summed E-state index contributed by atoms with van der Waals surface area (Å²) in [4.78, 5) is 10.8. The van der Waals surface area contributed by atoms with Gasteiger partial charge in [0.2, 0.25) is 0 Å². The van der Waals surface area contributed by atoms with Gasteiger partial charge in [-0.05, 0) is 24.6 Å². The summed E-state index contributed by atoms with van der Waals surface area (Å²) >= 11 is 5.86. The molecule has 2 N–H and O–H groups in total. The van der Waals surface area contributed by atoms with Crippen molar-refractivity contribution in [3.05, 3.63) is 28.8 Å². The number of nitrogens with one attached hydrogen (secondary N) is 1. The van der Waals surface area contributed by atoms with E-state index in [1.54, 1.807) is 12.1 Å². The topological polar surface area (TPSA) is 58.6 Å². The summed E-state index contributed by atoms with van der Waals surface area (Å²) in [6.07, 6.45) is 0.957. The highest BCUT2D eigenvalue weighted by atomic mass is 35.5. The molecule has 0 radical (unpaired) electrons. The summed E-state index contributed by atoms with van der Waals surface area (Å²) in [5.41, 5.74) is 0.945. The normalized spacial score (nSPS) is 19.7. The predicted molar refractivity (Wildman–Crippen MR) is 61.3 cm³/mol. The molecule has 0 aliphatic carbocycles. The number of aromatic carboxylic acids is 1. The molecule has 1 atom stereocenters. The van der Waals surface area contributed by atoms with Crippen LogP contribution in [0.4, 0.5) is 5.69 Å². The van der Waals surface area contributed by atoms with E-state index in [1.807, 2.05) is 0 Å². The Balaban J connectivity index is 2.11. The van der Waals surface area contributed by atoms with Crippen molar-refractivity contribution in [2.45, 2.75) is 12.5 Å². The van der Waals surface area contributed by atoms with Crippen molar-refractivity contribution in [3.63, 3.8) is 0 Å². The highest BCUT2D eigenvalue weighted by Crippen LogP contribution is 2.22. The molecule has 0 aromatic heterocycles. The number of carboxylic acid groups (broad SMARTS) is 1. The van der Waals surface area contributed by atoms with Gasteiger partial charge in [-0.15, -0.1) is 0 Å². The van der Waals surface area contributed by atoms with Gasteiger partial charge in [0.15, 0.2) is 0 Å². The summed E-state index contributed by atoms with van der Waals surface area (Å²) in [5, 5.41) is 12.3. The first kappa shape index (κ1) is 11.2. The van der Waals surface area contributed by atoms with Crippen LogP contribution in [0, 0.1) is 0 Å². The van der Waals surface area contributed by atoms with E-state index in [-0.39, 0.29) is 16.6 Å². The molecule has 1 aromatic carbocycles. The van der Waals surface area contributed by atoms with Gasteiger partial charge in [0.1, 0.15) is 0 Å². The largest absolute Gasteiger partial charge is 0.478 e. The zero-order valence-electron chi connectivity index (χ0n) is 8.57. The first-order valence-electron chi connectivity index (χ1n) is 5.04. The van der Waals surface area contributed by atoms with E-state index < -0.39 is 5.97 Å². The number of carboxylic acids is 1. The lowest BCUT2D eigenvalue weighted by Crippen LogP contribution is -2.18. The molecule has 5 heteroatoms. The zero-order chi connectivity index (χ0) is 11.5. The van der Waals surface area contributed by atoms with E-state index in [0.29, 0.717) is 6.61 Å². The molecule has 1 aliphatic heterocycles. The molecule has 1 fully saturated rings. The Morgan fingerprint density at radius 3 is 2.94 bits per heavy atom. The van der Waals surface area contributed by atoms with E-state index in [4.69, 9.17) is 21.4 Å². The number of carbonyl (C=O) groups is 1. The quantitative estimate of drug-likeness (QED) is 0.852. The number of hydrogen-bond acceptors (Lipinski definition) is 3. The summed E-state index contributed by atoms with van der Waals surface area (Å²) in [5.74, 6) is -1.01. The molecule has 1 aliphatic rings. The molecule has 4 nitrogen and oxygen atoms in total. The van der Waals surface area contributed by atoms with Gasteiger partial charge in [-0.3, -0.25) is 0 Å². The van der Waals surface area contributed by atoms with E-state index >= 15 is 0 Å². The Morgan fingerprint density at radius 2 is 2.38 bits per heavy atom. The highest BCUT2D eigenvalue weighted by Gasteiger charge is 2.16. The zero-order valence-corrected chi connectivity index (χ0v) is 9.33. The second-order valence-electron chi connectivity index (χ2n) is 3.70. The fraction of sp³-hybridized carbons (Fsp3) is 0.364. The monoisotopic (exact) mass is 241 g/mol. The van der Waals surface area contributed by atoms with Gasteiger partial charge in [0.05, 0.1) is 23.2 Å². The van der Waals surface area contributed by atoms with Crippen molar-refractivity contribution < 1.29 is 14.6 Å². The molecule has 0 spiro atoms. The number of ether oxygens (including phenoxy) is 1. The number of rotatable bonds is 3. The van der Waals surface area contributed by atoms with Crippen LogP contribution >= 0.6 is 11.6 Å². The Morgan fingerprint density at radius 1 is 1.56 bits per heavy atom. The van der Waals surface area contributed by atoms with Gasteiger partial charge in [-0.1, -0.05) is 11.6 Å². The van der Waals surface area contributed by atoms with Crippen molar-refractivity contribution in [1.82, 2.24) is 0 Å². The van der Waals surface area contributed by atoms with Crippen molar-refractivity contribution >= 4 is 23.3 Å². The molecule has 1 heterocycles. The van der Waals surface area contributed by atoms with Gasteiger partial charge < -0.3 is 15.2 Å². The van der Waals surface area contributed by atoms with Crippen molar-refractivity contribution in [1.29, 1.82) is 0 Å². The average molecular weight is 242 g/mol. The second kappa shape index (κ2) is 4.72. The standard InChI is InChI=1S/C11H12ClNO3/c12-10-5-7(1-2-9(10)11(14)15)13-8-3-4-16-6-8/h1-2,5,8,13H,3-4,6H2,(H,14,15). The molecular formula is C11H12ClNO3. The first-order valence-corrected chi connectivity index (χ1v) is 5.42. The minimum Gasteiger partial charge on any atom is -0.478 e. The first-order chi connectivity index (χ1) is 7.66. The van der Waals surface area contributed by atoms with Gasteiger partial charge in [-0.2, -0.15) is 0 Å². The Kier molecular flexibility index (Phi) is 3.31. The van der Waals surface area contributed by atoms with Crippen LogP contribution in [0.25, 0.3) is 0 Å². The molecule has 1 aromatic rings. The summed E-state index contributed by atoms with van der Waals surface area (Å²) in [6.45, 7) is 1.44. The maximum atomic E-state index is 10.8. The maximum absolute atomic E-state index is 10.8. The number of benzene rings is 1. The molecular weight excluding hydrogens is 230 g/mol. The predicted octanol–water partition coefficient (Wildman–Crippen LogP) is 2.24. The lowest BCUT2D eigenvalue weighted by Gasteiger charge is -2.12. The fourth-order valence-electron chi connectivity index (χ4n) is 1.66. The molecule has 86 valence electrons. The van der Waals surface area contributed by atoms with Gasteiger partial charge in [0.25, 0.3) is 0 Å². The van der Waals surface area contributed by atoms with Crippen LogP contribution in [-0.2, 0) is 4.74 Å². The van der Waals surface area contributed by atoms with Gasteiger partial charge in [0, 0.05) is 12.3 Å². The second-order valence-corrected chi connectivity index (χ2v) is 4.11.